The number of likely N-dealkylation sites (N-methyl/N-ethyl adjacent to an activating group) is 2. The molecule has 0 aliphatic heterocycles. The van der Waals surface area contributed by atoms with Crippen molar-refractivity contribution in [3.63, 3.8) is 0 Å². The highest BCUT2D eigenvalue weighted by atomic mass is 19.1. The number of hydrogen-bond acceptors (Lipinski definition) is 3. The fourth-order valence-electron chi connectivity index (χ4n) is 1.69. The molecule has 21 heavy (non-hydrogen) atoms. The van der Waals surface area contributed by atoms with Crippen LogP contribution >= 0.6 is 0 Å². The number of hydrogen-bond donors (Lipinski definition) is 2. The third kappa shape index (κ3) is 4.58. The molecule has 1 aromatic carbocycles. The lowest BCUT2D eigenvalue weighted by Crippen LogP contribution is -2.39. The molecule has 0 radical (unpaired) electrons. The summed E-state index contributed by atoms with van der Waals surface area (Å²) in [5, 5.41) is 11.2. The third-order valence-electron chi connectivity index (χ3n) is 2.80. The number of aliphatic hydroxyl groups excluding tert-OH is 1. The lowest BCUT2D eigenvalue weighted by Gasteiger charge is -2.20. The predicted molar refractivity (Wildman–Crippen MR) is 76.0 cm³/mol. The zero-order valence-electron chi connectivity index (χ0n) is 11.9. The molecule has 0 saturated heterocycles. The van der Waals surface area contributed by atoms with E-state index in [-0.39, 0.29) is 30.2 Å². The summed E-state index contributed by atoms with van der Waals surface area (Å²) >= 11 is 0. The summed E-state index contributed by atoms with van der Waals surface area (Å²) in [5.41, 5.74) is 0.382. The number of amides is 2. The molecule has 0 aliphatic carbocycles. The summed E-state index contributed by atoms with van der Waals surface area (Å²) in [6.07, 6.45) is 0. The second-order valence-corrected chi connectivity index (χ2v) is 4.14. The van der Waals surface area contributed by atoms with Gasteiger partial charge in [-0.2, -0.15) is 0 Å². The Morgan fingerprint density at radius 1 is 1.43 bits per heavy atom. The van der Waals surface area contributed by atoms with E-state index in [1.807, 2.05) is 0 Å². The summed E-state index contributed by atoms with van der Waals surface area (Å²) in [4.78, 5) is 25.1. The van der Waals surface area contributed by atoms with Crippen molar-refractivity contribution in [2.45, 2.75) is 6.92 Å². The largest absolute Gasteiger partial charge is 0.384 e. The van der Waals surface area contributed by atoms with Gasteiger partial charge in [-0.15, -0.1) is 0 Å². The average Bonchev–Trinajstić information content (AvgIpc) is 2.49. The Morgan fingerprint density at radius 2 is 2.14 bits per heavy atom. The monoisotopic (exact) mass is 292 g/mol. The quantitative estimate of drug-likeness (QED) is 0.788. The number of nitrogens with zero attached hydrogens (tertiary/aromatic N) is 1. The van der Waals surface area contributed by atoms with Crippen molar-refractivity contribution in [1.82, 2.24) is 10.2 Å². The van der Waals surface area contributed by atoms with Gasteiger partial charge in [-0.3, -0.25) is 9.59 Å². The van der Waals surface area contributed by atoms with E-state index in [0.29, 0.717) is 6.54 Å². The van der Waals surface area contributed by atoms with Crippen molar-refractivity contribution in [3.8, 4) is 11.8 Å². The maximum absolute atomic E-state index is 13.3. The zero-order valence-corrected chi connectivity index (χ0v) is 11.9. The zero-order chi connectivity index (χ0) is 15.8. The van der Waals surface area contributed by atoms with Gasteiger partial charge in [0.1, 0.15) is 12.4 Å². The molecule has 0 unspecified atom stereocenters. The van der Waals surface area contributed by atoms with Crippen LogP contribution in [0.1, 0.15) is 22.8 Å². The van der Waals surface area contributed by atoms with Gasteiger partial charge in [0.15, 0.2) is 0 Å². The number of nitrogens with one attached hydrogen (secondary N) is 1. The Labute approximate surface area is 122 Å². The molecule has 2 N–H and O–H groups in total. The SMILES string of the molecule is CCN(CC(=O)NC)C(=O)c1ccc(F)cc1C#CCO. The number of halogens is 1. The van der Waals surface area contributed by atoms with Gasteiger partial charge in [-0.1, -0.05) is 11.8 Å². The Bertz CT molecular complexity index is 590. The summed E-state index contributed by atoms with van der Waals surface area (Å²) in [6, 6.07) is 3.61. The number of aliphatic hydroxyl groups is 1. The molecule has 0 aliphatic rings. The summed E-state index contributed by atoms with van der Waals surface area (Å²) < 4.78 is 13.3. The van der Waals surface area contributed by atoms with Gasteiger partial charge >= 0.3 is 0 Å². The van der Waals surface area contributed by atoms with Crippen LogP contribution in [0, 0.1) is 17.7 Å². The van der Waals surface area contributed by atoms with Gasteiger partial charge < -0.3 is 15.3 Å². The number of rotatable bonds is 4. The van der Waals surface area contributed by atoms with E-state index in [1.165, 1.54) is 18.0 Å². The number of carbonyl (C=O) groups is 2. The minimum absolute atomic E-state index is 0.0872. The van der Waals surface area contributed by atoms with Crippen LogP contribution in [0.4, 0.5) is 4.39 Å². The minimum Gasteiger partial charge on any atom is -0.384 e. The van der Waals surface area contributed by atoms with E-state index in [1.54, 1.807) is 6.92 Å². The van der Waals surface area contributed by atoms with Crippen molar-refractivity contribution in [2.24, 2.45) is 0 Å². The van der Waals surface area contributed by atoms with Crippen LogP contribution in [-0.4, -0.2) is 48.6 Å². The normalized spacial score (nSPS) is 9.52. The first kappa shape index (κ1) is 16.7. The van der Waals surface area contributed by atoms with Crippen molar-refractivity contribution in [3.05, 3.63) is 35.1 Å². The standard InChI is InChI=1S/C15H17FN2O3/c1-3-18(10-14(20)17-2)15(21)13-7-6-12(16)9-11(13)5-4-8-19/h6-7,9,19H,3,8,10H2,1-2H3,(H,17,20). The molecular weight excluding hydrogens is 275 g/mol. The maximum Gasteiger partial charge on any atom is 0.255 e. The lowest BCUT2D eigenvalue weighted by atomic mass is 10.1. The highest BCUT2D eigenvalue weighted by Crippen LogP contribution is 2.13. The van der Waals surface area contributed by atoms with Gasteiger partial charge in [0.2, 0.25) is 5.91 Å². The van der Waals surface area contributed by atoms with Crippen molar-refractivity contribution >= 4 is 11.8 Å². The topological polar surface area (TPSA) is 69.6 Å². The number of carbonyl (C=O) groups excluding carboxylic acids is 2. The van der Waals surface area contributed by atoms with E-state index < -0.39 is 11.7 Å². The Hall–Kier alpha value is -2.39. The van der Waals surface area contributed by atoms with E-state index in [9.17, 15) is 14.0 Å². The summed E-state index contributed by atoms with van der Waals surface area (Å²) in [5.74, 6) is 3.69. The molecule has 0 spiro atoms. The molecule has 0 aromatic heterocycles. The van der Waals surface area contributed by atoms with Crippen LogP contribution in [0.2, 0.25) is 0 Å². The maximum atomic E-state index is 13.3. The lowest BCUT2D eigenvalue weighted by molar-refractivity contribution is -0.121. The molecule has 2 amide bonds. The van der Waals surface area contributed by atoms with E-state index >= 15 is 0 Å². The van der Waals surface area contributed by atoms with Gasteiger partial charge in [0.25, 0.3) is 5.91 Å². The number of benzene rings is 1. The van der Waals surface area contributed by atoms with Crippen LogP contribution in [0.15, 0.2) is 18.2 Å². The molecule has 5 nitrogen and oxygen atoms in total. The molecule has 0 fully saturated rings. The first-order chi connectivity index (χ1) is 10.0. The van der Waals surface area contributed by atoms with E-state index in [4.69, 9.17) is 5.11 Å². The smallest absolute Gasteiger partial charge is 0.255 e. The average molecular weight is 292 g/mol. The van der Waals surface area contributed by atoms with E-state index in [0.717, 1.165) is 12.1 Å². The molecular formula is C15H17FN2O3. The summed E-state index contributed by atoms with van der Waals surface area (Å²) in [7, 11) is 1.48. The van der Waals surface area contributed by atoms with Crippen LogP contribution < -0.4 is 5.32 Å². The second-order valence-electron chi connectivity index (χ2n) is 4.14. The molecule has 0 saturated carbocycles. The van der Waals surface area contributed by atoms with Crippen molar-refractivity contribution in [2.75, 3.05) is 26.7 Å². The molecule has 112 valence electrons. The highest BCUT2D eigenvalue weighted by molar-refractivity contribution is 5.98. The van der Waals surface area contributed by atoms with E-state index in [2.05, 4.69) is 17.2 Å². The first-order valence-corrected chi connectivity index (χ1v) is 6.42. The first-order valence-electron chi connectivity index (χ1n) is 6.42. The third-order valence-corrected chi connectivity index (χ3v) is 2.80. The molecule has 0 heterocycles. The predicted octanol–water partition coefficient (Wildman–Crippen LogP) is 0.378. The minimum atomic E-state index is -0.525. The van der Waals surface area contributed by atoms with Gasteiger partial charge in [-0.05, 0) is 25.1 Å². The molecule has 1 rings (SSSR count). The van der Waals surface area contributed by atoms with Gasteiger partial charge in [0, 0.05) is 19.2 Å². The van der Waals surface area contributed by atoms with Gasteiger partial charge in [-0.25, -0.2) is 4.39 Å². The van der Waals surface area contributed by atoms with Crippen molar-refractivity contribution in [1.29, 1.82) is 0 Å². The summed E-state index contributed by atoms with van der Waals surface area (Å²) in [6.45, 7) is 1.59. The second kappa shape index (κ2) is 8.02. The fourth-order valence-corrected chi connectivity index (χ4v) is 1.69. The molecule has 1 aromatic rings. The fraction of sp³-hybridized carbons (Fsp3) is 0.333. The molecule has 0 atom stereocenters. The highest BCUT2D eigenvalue weighted by Gasteiger charge is 2.19. The van der Waals surface area contributed by atoms with Crippen LogP contribution in [0.5, 0.6) is 0 Å². The Morgan fingerprint density at radius 3 is 2.71 bits per heavy atom. The van der Waals surface area contributed by atoms with Crippen LogP contribution in [0.3, 0.4) is 0 Å². The molecule has 0 bridgehead atoms. The van der Waals surface area contributed by atoms with Crippen LogP contribution in [0.25, 0.3) is 0 Å². The molecule has 6 heteroatoms. The van der Waals surface area contributed by atoms with Crippen LogP contribution in [-0.2, 0) is 4.79 Å². The van der Waals surface area contributed by atoms with Crippen molar-refractivity contribution < 1.29 is 19.1 Å². The van der Waals surface area contributed by atoms with Gasteiger partial charge in [0.05, 0.1) is 12.1 Å². The Kier molecular flexibility index (Phi) is 6.37. The Balaban J connectivity index is 3.12.